The number of aromatic nitrogens is 2. The Kier molecular flexibility index (Phi) is 2.35. The summed E-state index contributed by atoms with van der Waals surface area (Å²) in [7, 11) is 1.81. The third-order valence-corrected chi connectivity index (χ3v) is 2.27. The first-order valence-corrected chi connectivity index (χ1v) is 4.60. The molecule has 2 heterocycles. The highest BCUT2D eigenvalue weighted by atomic mass is 16.5. The summed E-state index contributed by atoms with van der Waals surface area (Å²) in [6, 6.07) is 0. The van der Waals surface area contributed by atoms with Gasteiger partial charge in [-0.1, -0.05) is 0 Å². The minimum absolute atomic E-state index is 0.0182. The van der Waals surface area contributed by atoms with Crippen molar-refractivity contribution in [2.45, 2.75) is 12.8 Å². The quantitative estimate of drug-likeness (QED) is 0.663. The van der Waals surface area contributed by atoms with E-state index >= 15 is 0 Å². The number of allylic oxidation sites excluding steroid dienone is 1. The predicted octanol–water partition coefficient (Wildman–Crippen LogP) is 1.30. The van der Waals surface area contributed by atoms with E-state index in [1.165, 1.54) is 0 Å². The van der Waals surface area contributed by atoms with Gasteiger partial charge < -0.3 is 9.30 Å². The molecule has 0 amide bonds. The summed E-state index contributed by atoms with van der Waals surface area (Å²) < 4.78 is 6.85. The zero-order valence-electron chi connectivity index (χ0n) is 8.06. The van der Waals surface area contributed by atoms with Crippen LogP contribution in [0.2, 0.25) is 0 Å². The normalized spacial score (nSPS) is 15.9. The van der Waals surface area contributed by atoms with Crippen LogP contribution in [0.5, 0.6) is 0 Å². The summed E-state index contributed by atoms with van der Waals surface area (Å²) in [5, 5.41) is 0. The molecular formula is C10H12N2O2. The van der Waals surface area contributed by atoms with E-state index in [1.807, 2.05) is 7.05 Å². The number of nitrogens with zero attached hydrogens (tertiary/aromatic N) is 2. The second-order valence-corrected chi connectivity index (χ2v) is 3.34. The maximum Gasteiger partial charge on any atom is 0.210 e. The molecule has 0 bridgehead atoms. The summed E-state index contributed by atoms with van der Waals surface area (Å²) in [4.78, 5) is 15.8. The van der Waals surface area contributed by atoms with Gasteiger partial charge in [0.25, 0.3) is 0 Å². The number of hydrogen-bond donors (Lipinski definition) is 0. The number of hydrogen-bond acceptors (Lipinski definition) is 3. The lowest BCUT2D eigenvalue weighted by atomic mass is 10.0. The maximum atomic E-state index is 11.9. The molecular weight excluding hydrogens is 180 g/mol. The van der Waals surface area contributed by atoms with Crippen LogP contribution >= 0.6 is 0 Å². The van der Waals surface area contributed by atoms with Crippen LogP contribution in [0.15, 0.2) is 24.4 Å². The summed E-state index contributed by atoms with van der Waals surface area (Å²) in [6.45, 7) is 0.710. The zero-order valence-corrected chi connectivity index (χ0v) is 8.06. The number of ketones is 1. The van der Waals surface area contributed by atoms with Gasteiger partial charge in [0.1, 0.15) is 5.69 Å². The number of carbonyl (C=O) groups is 1. The second-order valence-electron chi connectivity index (χ2n) is 3.34. The lowest BCUT2D eigenvalue weighted by Crippen LogP contribution is -2.12. The van der Waals surface area contributed by atoms with Gasteiger partial charge in [0.15, 0.2) is 0 Å². The summed E-state index contributed by atoms with van der Waals surface area (Å²) in [6.07, 6.45) is 6.48. The molecule has 4 heteroatoms. The van der Waals surface area contributed by atoms with E-state index in [4.69, 9.17) is 4.74 Å². The van der Waals surface area contributed by atoms with Crippen molar-refractivity contribution >= 4 is 5.78 Å². The zero-order chi connectivity index (χ0) is 9.97. The van der Waals surface area contributed by atoms with Crippen LogP contribution in [0.3, 0.4) is 0 Å². The Bertz CT molecular complexity index is 379. The fraction of sp³-hybridized carbons (Fsp3) is 0.400. The molecule has 1 aliphatic rings. The van der Waals surface area contributed by atoms with Crippen molar-refractivity contribution in [3.8, 4) is 0 Å². The van der Waals surface area contributed by atoms with E-state index in [1.54, 1.807) is 23.4 Å². The van der Waals surface area contributed by atoms with E-state index in [9.17, 15) is 4.79 Å². The molecule has 1 aromatic heterocycles. The fourth-order valence-electron chi connectivity index (χ4n) is 1.47. The predicted molar refractivity (Wildman–Crippen MR) is 50.8 cm³/mol. The highest BCUT2D eigenvalue weighted by molar-refractivity contribution is 6.07. The molecule has 0 saturated carbocycles. The van der Waals surface area contributed by atoms with Gasteiger partial charge >= 0.3 is 0 Å². The topological polar surface area (TPSA) is 44.1 Å². The number of carbonyl (C=O) groups excluding carboxylic acids is 1. The second kappa shape index (κ2) is 3.65. The van der Waals surface area contributed by atoms with Crippen LogP contribution in [0, 0.1) is 0 Å². The van der Waals surface area contributed by atoms with Crippen molar-refractivity contribution < 1.29 is 9.53 Å². The van der Waals surface area contributed by atoms with Crippen LogP contribution < -0.4 is 0 Å². The molecule has 14 heavy (non-hydrogen) atoms. The Labute approximate surface area is 82.2 Å². The highest BCUT2D eigenvalue weighted by Crippen LogP contribution is 2.16. The molecule has 0 aliphatic carbocycles. The summed E-state index contributed by atoms with van der Waals surface area (Å²) >= 11 is 0. The number of ether oxygens (including phenoxy) is 1. The van der Waals surface area contributed by atoms with Crippen LogP contribution in [-0.4, -0.2) is 21.9 Å². The van der Waals surface area contributed by atoms with Crippen molar-refractivity contribution in [2.24, 2.45) is 7.05 Å². The first-order valence-electron chi connectivity index (χ1n) is 4.60. The summed E-state index contributed by atoms with van der Waals surface area (Å²) in [5.74, 6) is 0.0182. The van der Waals surface area contributed by atoms with Crippen molar-refractivity contribution in [1.29, 1.82) is 0 Å². The molecule has 1 aliphatic heterocycles. The monoisotopic (exact) mass is 192 g/mol. The largest absolute Gasteiger partial charge is 0.501 e. The number of rotatable bonds is 2. The van der Waals surface area contributed by atoms with Gasteiger partial charge in [0.2, 0.25) is 5.78 Å². The molecule has 0 spiro atoms. The van der Waals surface area contributed by atoms with Crippen molar-refractivity contribution in [3.05, 3.63) is 30.1 Å². The first-order chi connectivity index (χ1) is 6.79. The molecule has 0 fully saturated rings. The first kappa shape index (κ1) is 8.99. The summed E-state index contributed by atoms with van der Waals surface area (Å²) in [5.41, 5.74) is 1.35. The van der Waals surface area contributed by atoms with Crippen molar-refractivity contribution in [2.75, 3.05) is 6.61 Å². The molecule has 0 radical (unpaired) electrons. The molecule has 0 aromatic carbocycles. The average Bonchev–Trinajstić information content (AvgIpc) is 2.65. The van der Waals surface area contributed by atoms with Crippen LogP contribution in [-0.2, 0) is 11.8 Å². The Morgan fingerprint density at radius 2 is 2.50 bits per heavy atom. The third kappa shape index (κ3) is 1.55. The lowest BCUT2D eigenvalue weighted by molar-refractivity contribution is 0.100. The Balaban J connectivity index is 2.23. The van der Waals surface area contributed by atoms with E-state index in [0.29, 0.717) is 12.3 Å². The van der Waals surface area contributed by atoms with Crippen molar-refractivity contribution in [1.82, 2.24) is 9.55 Å². The molecule has 4 nitrogen and oxygen atoms in total. The van der Waals surface area contributed by atoms with Gasteiger partial charge in [0.05, 0.1) is 25.4 Å². The Hall–Kier alpha value is -1.58. The van der Waals surface area contributed by atoms with Gasteiger partial charge in [-0.2, -0.15) is 0 Å². The van der Waals surface area contributed by atoms with E-state index in [-0.39, 0.29) is 5.78 Å². The number of aryl methyl sites for hydroxylation is 1. The van der Waals surface area contributed by atoms with Gasteiger partial charge in [0, 0.05) is 12.6 Å². The van der Waals surface area contributed by atoms with Gasteiger partial charge in [-0.3, -0.25) is 4.79 Å². The molecule has 74 valence electrons. The SMILES string of the molecule is Cn1cncc1C(=O)C1=COCCC1. The third-order valence-electron chi connectivity index (χ3n) is 2.27. The molecule has 0 N–H and O–H groups in total. The van der Waals surface area contributed by atoms with Gasteiger partial charge in [-0.15, -0.1) is 0 Å². The number of Topliss-reactive ketones (excluding diaryl/α,β-unsaturated/α-hetero) is 1. The smallest absolute Gasteiger partial charge is 0.210 e. The van der Waals surface area contributed by atoms with Gasteiger partial charge in [-0.25, -0.2) is 4.98 Å². The lowest BCUT2D eigenvalue weighted by Gasteiger charge is -2.12. The van der Waals surface area contributed by atoms with Crippen LogP contribution in [0.25, 0.3) is 0 Å². The van der Waals surface area contributed by atoms with E-state index < -0.39 is 0 Å². The highest BCUT2D eigenvalue weighted by Gasteiger charge is 2.17. The van der Waals surface area contributed by atoms with Crippen LogP contribution in [0.1, 0.15) is 23.3 Å². The Morgan fingerprint density at radius 1 is 1.64 bits per heavy atom. The molecule has 0 atom stereocenters. The fourth-order valence-corrected chi connectivity index (χ4v) is 1.47. The standard InChI is InChI=1S/C10H12N2O2/c1-12-7-11-5-9(12)10(13)8-3-2-4-14-6-8/h5-7H,2-4H2,1H3. The van der Waals surface area contributed by atoms with Gasteiger partial charge in [-0.05, 0) is 12.8 Å². The molecule has 0 saturated heterocycles. The molecule has 1 aromatic rings. The van der Waals surface area contributed by atoms with Crippen molar-refractivity contribution in [3.63, 3.8) is 0 Å². The molecule has 2 rings (SSSR count). The Morgan fingerprint density at radius 3 is 3.07 bits per heavy atom. The van der Waals surface area contributed by atoms with Crippen LogP contribution in [0.4, 0.5) is 0 Å². The molecule has 0 unspecified atom stereocenters. The maximum absolute atomic E-state index is 11.9. The minimum atomic E-state index is 0.0182. The van der Waals surface area contributed by atoms with E-state index in [0.717, 1.165) is 18.4 Å². The number of imidazole rings is 1. The average molecular weight is 192 g/mol. The van der Waals surface area contributed by atoms with E-state index in [2.05, 4.69) is 4.98 Å². The minimum Gasteiger partial charge on any atom is -0.501 e.